The van der Waals surface area contributed by atoms with Crippen LogP contribution in [-0.2, 0) is 16.0 Å². The maximum Gasteiger partial charge on any atom is 0.314 e. The standard InChI is InChI=1S/C17H17N3O5/c1-3-11-4-6-12(7-5-11)18-16(21)17(22)19-14-10-13(20(23)24)8-9-15(14)25-2/h4-10H,3H2,1-2H3,(H,18,21)(H,19,22). The number of nitrogens with one attached hydrogen (secondary N) is 2. The molecule has 0 saturated heterocycles. The van der Waals surface area contributed by atoms with Gasteiger partial charge in [0.15, 0.2) is 0 Å². The molecule has 0 unspecified atom stereocenters. The zero-order chi connectivity index (χ0) is 18.4. The number of nitrogens with zero attached hydrogens (tertiary/aromatic N) is 1. The van der Waals surface area contributed by atoms with Crippen LogP contribution in [0.15, 0.2) is 42.5 Å². The second-order valence-electron chi connectivity index (χ2n) is 5.10. The van der Waals surface area contributed by atoms with E-state index in [1.54, 1.807) is 12.1 Å². The van der Waals surface area contributed by atoms with Gasteiger partial charge < -0.3 is 15.4 Å². The fourth-order valence-corrected chi connectivity index (χ4v) is 2.10. The van der Waals surface area contributed by atoms with Crippen molar-refractivity contribution in [2.45, 2.75) is 13.3 Å². The fourth-order valence-electron chi connectivity index (χ4n) is 2.10. The van der Waals surface area contributed by atoms with Crippen molar-refractivity contribution in [2.24, 2.45) is 0 Å². The quantitative estimate of drug-likeness (QED) is 0.493. The zero-order valence-electron chi connectivity index (χ0n) is 13.7. The largest absolute Gasteiger partial charge is 0.495 e. The van der Waals surface area contributed by atoms with E-state index in [1.807, 2.05) is 19.1 Å². The first kappa shape index (κ1) is 17.9. The predicted octanol–water partition coefficient (Wildman–Crippen LogP) is 2.74. The molecule has 2 rings (SSSR count). The third-order valence-electron chi connectivity index (χ3n) is 3.47. The number of benzene rings is 2. The molecule has 0 bridgehead atoms. The van der Waals surface area contributed by atoms with Gasteiger partial charge in [-0.15, -0.1) is 0 Å². The van der Waals surface area contributed by atoms with Crippen LogP contribution >= 0.6 is 0 Å². The second-order valence-corrected chi connectivity index (χ2v) is 5.10. The normalized spacial score (nSPS) is 10.0. The minimum atomic E-state index is -0.960. The Labute approximate surface area is 144 Å². The number of non-ortho nitro benzene ring substituents is 1. The number of anilines is 2. The van der Waals surface area contributed by atoms with Crippen molar-refractivity contribution in [1.82, 2.24) is 0 Å². The van der Waals surface area contributed by atoms with E-state index in [-0.39, 0.29) is 17.1 Å². The van der Waals surface area contributed by atoms with E-state index < -0.39 is 16.7 Å². The summed E-state index contributed by atoms with van der Waals surface area (Å²) in [6.45, 7) is 2.01. The van der Waals surface area contributed by atoms with Crippen molar-refractivity contribution in [3.05, 3.63) is 58.1 Å². The Bertz CT molecular complexity index is 802. The van der Waals surface area contributed by atoms with Crippen molar-refractivity contribution in [3.63, 3.8) is 0 Å². The number of methoxy groups -OCH3 is 1. The Balaban J connectivity index is 2.11. The molecule has 0 saturated carbocycles. The minimum Gasteiger partial charge on any atom is -0.495 e. The SMILES string of the molecule is CCc1ccc(NC(=O)C(=O)Nc2cc([N+](=O)[O-])ccc2OC)cc1. The second kappa shape index (κ2) is 7.91. The van der Waals surface area contributed by atoms with Crippen LogP contribution < -0.4 is 15.4 Å². The molecule has 2 aromatic rings. The lowest BCUT2D eigenvalue weighted by atomic mass is 10.1. The van der Waals surface area contributed by atoms with Gasteiger partial charge in [0.2, 0.25) is 0 Å². The van der Waals surface area contributed by atoms with Gasteiger partial charge in [0.05, 0.1) is 17.7 Å². The Hall–Kier alpha value is -3.42. The van der Waals surface area contributed by atoms with Crippen LogP contribution in [0.5, 0.6) is 5.75 Å². The summed E-state index contributed by atoms with van der Waals surface area (Å²) in [4.78, 5) is 34.3. The van der Waals surface area contributed by atoms with Crippen LogP contribution in [-0.4, -0.2) is 23.8 Å². The van der Waals surface area contributed by atoms with E-state index >= 15 is 0 Å². The molecule has 25 heavy (non-hydrogen) atoms. The third-order valence-corrected chi connectivity index (χ3v) is 3.47. The fraction of sp³-hybridized carbons (Fsp3) is 0.176. The molecule has 8 heteroatoms. The summed E-state index contributed by atoms with van der Waals surface area (Å²) in [7, 11) is 1.35. The Morgan fingerprint density at radius 1 is 1.08 bits per heavy atom. The van der Waals surface area contributed by atoms with Crippen LogP contribution in [0.3, 0.4) is 0 Å². The molecule has 0 aliphatic rings. The molecule has 2 aromatic carbocycles. The maximum atomic E-state index is 12.0. The monoisotopic (exact) mass is 343 g/mol. The molecule has 0 fully saturated rings. The molecule has 0 atom stereocenters. The predicted molar refractivity (Wildman–Crippen MR) is 92.7 cm³/mol. The van der Waals surface area contributed by atoms with E-state index in [4.69, 9.17) is 4.74 Å². The van der Waals surface area contributed by atoms with E-state index in [0.29, 0.717) is 5.69 Å². The molecule has 0 spiro atoms. The molecule has 0 aliphatic carbocycles. The Kier molecular flexibility index (Phi) is 5.67. The van der Waals surface area contributed by atoms with Crippen molar-refractivity contribution >= 4 is 28.9 Å². The van der Waals surface area contributed by atoms with Crippen LogP contribution in [0.25, 0.3) is 0 Å². The van der Waals surface area contributed by atoms with E-state index in [9.17, 15) is 19.7 Å². The summed E-state index contributed by atoms with van der Waals surface area (Å²) in [5.74, 6) is -1.64. The lowest BCUT2D eigenvalue weighted by Crippen LogP contribution is -2.29. The number of carbonyl (C=O) groups is 2. The number of nitro groups is 1. The number of nitro benzene ring substituents is 1. The molecule has 0 radical (unpaired) electrons. The average molecular weight is 343 g/mol. The summed E-state index contributed by atoms with van der Waals surface area (Å²) in [6, 6.07) is 10.8. The number of carbonyl (C=O) groups excluding carboxylic acids is 2. The molecule has 0 heterocycles. The highest BCUT2D eigenvalue weighted by Crippen LogP contribution is 2.28. The molecular weight excluding hydrogens is 326 g/mol. The zero-order valence-corrected chi connectivity index (χ0v) is 13.7. The van der Waals surface area contributed by atoms with Gasteiger partial charge in [0.25, 0.3) is 5.69 Å². The topological polar surface area (TPSA) is 111 Å². The lowest BCUT2D eigenvalue weighted by molar-refractivity contribution is -0.384. The van der Waals surface area contributed by atoms with Gasteiger partial charge in [0, 0.05) is 17.8 Å². The van der Waals surface area contributed by atoms with Gasteiger partial charge in [-0.05, 0) is 30.2 Å². The van der Waals surface area contributed by atoms with Gasteiger partial charge in [-0.2, -0.15) is 0 Å². The number of hydrogen-bond donors (Lipinski definition) is 2. The molecule has 0 aliphatic heterocycles. The molecule has 2 N–H and O–H groups in total. The highest BCUT2D eigenvalue weighted by molar-refractivity contribution is 6.43. The minimum absolute atomic E-state index is 0.0400. The smallest absolute Gasteiger partial charge is 0.314 e. The summed E-state index contributed by atoms with van der Waals surface area (Å²) in [5.41, 5.74) is 1.39. The molecule has 0 aromatic heterocycles. The summed E-state index contributed by atoms with van der Waals surface area (Å²) < 4.78 is 5.04. The highest BCUT2D eigenvalue weighted by Gasteiger charge is 2.18. The summed E-state index contributed by atoms with van der Waals surface area (Å²) in [5, 5.41) is 15.6. The summed E-state index contributed by atoms with van der Waals surface area (Å²) in [6.07, 6.45) is 0.862. The van der Waals surface area contributed by atoms with Crippen molar-refractivity contribution in [3.8, 4) is 5.75 Å². The van der Waals surface area contributed by atoms with Crippen LogP contribution in [0.2, 0.25) is 0 Å². The van der Waals surface area contributed by atoms with Crippen LogP contribution in [0.4, 0.5) is 17.1 Å². The molecular formula is C17H17N3O5. The number of ether oxygens (including phenoxy) is 1. The first-order valence-corrected chi connectivity index (χ1v) is 7.48. The molecule has 8 nitrogen and oxygen atoms in total. The number of hydrogen-bond acceptors (Lipinski definition) is 5. The van der Waals surface area contributed by atoms with Crippen molar-refractivity contribution in [1.29, 1.82) is 0 Å². The Morgan fingerprint density at radius 2 is 1.72 bits per heavy atom. The molecule has 2 amide bonds. The number of aryl methyl sites for hydroxylation is 1. The first-order valence-electron chi connectivity index (χ1n) is 7.48. The average Bonchev–Trinajstić information content (AvgIpc) is 2.62. The van der Waals surface area contributed by atoms with E-state index in [2.05, 4.69) is 10.6 Å². The number of amides is 2. The van der Waals surface area contributed by atoms with Gasteiger partial charge >= 0.3 is 11.8 Å². The van der Waals surface area contributed by atoms with E-state index in [0.717, 1.165) is 18.1 Å². The van der Waals surface area contributed by atoms with Crippen LogP contribution in [0.1, 0.15) is 12.5 Å². The lowest BCUT2D eigenvalue weighted by Gasteiger charge is -2.10. The van der Waals surface area contributed by atoms with Gasteiger partial charge in [-0.1, -0.05) is 19.1 Å². The highest BCUT2D eigenvalue weighted by atomic mass is 16.6. The van der Waals surface area contributed by atoms with Crippen molar-refractivity contribution < 1.29 is 19.2 Å². The summed E-state index contributed by atoms with van der Waals surface area (Å²) >= 11 is 0. The van der Waals surface area contributed by atoms with Gasteiger partial charge in [-0.3, -0.25) is 19.7 Å². The van der Waals surface area contributed by atoms with Crippen molar-refractivity contribution in [2.75, 3.05) is 17.7 Å². The first-order chi connectivity index (χ1) is 11.9. The van der Waals surface area contributed by atoms with E-state index in [1.165, 1.54) is 19.2 Å². The Morgan fingerprint density at radius 3 is 2.28 bits per heavy atom. The number of rotatable bonds is 5. The third kappa shape index (κ3) is 4.54. The maximum absolute atomic E-state index is 12.0. The van der Waals surface area contributed by atoms with Crippen LogP contribution in [0, 0.1) is 10.1 Å². The molecule has 130 valence electrons. The van der Waals surface area contributed by atoms with Gasteiger partial charge in [0.1, 0.15) is 5.75 Å². The van der Waals surface area contributed by atoms with Gasteiger partial charge in [-0.25, -0.2) is 0 Å².